The minimum atomic E-state index is -0.851. The lowest BCUT2D eigenvalue weighted by Crippen LogP contribution is -2.41. The van der Waals surface area contributed by atoms with Crippen molar-refractivity contribution in [3.8, 4) is 0 Å². The molecule has 29 heavy (non-hydrogen) atoms. The van der Waals surface area contributed by atoms with Crippen LogP contribution in [0.1, 0.15) is 48.4 Å². The van der Waals surface area contributed by atoms with Gasteiger partial charge in [0.05, 0.1) is 0 Å². The van der Waals surface area contributed by atoms with Gasteiger partial charge in [0.1, 0.15) is 6.73 Å². The van der Waals surface area contributed by atoms with Crippen molar-refractivity contribution in [3.05, 3.63) is 70.8 Å². The summed E-state index contributed by atoms with van der Waals surface area (Å²) in [6.45, 7) is 3.58. The summed E-state index contributed by atoms with van der Waals surface area (Å²) in [5.41, 5.74) is 4.05. The van der Waals surface area contributed by atoms with E-state index in [4.69, 9.17) is 14.6 Å². The van der Waals surface area contributed by atoms with E-state index in [1.165, 1.54) is 11.1 Å². The maximum Gasteiger partial charge on any atom is 0.240 e. The molecule has 0 saturated carbocycles. The second kappa shape index (κ2) is 8.56. The zero-order valence-corrected chi connectivity index (χ0v) is 17.7. The van der Waals surface area contributed by atoms with Crippen LogP contribution in [0.25, 0.3) is 0 Å². The molecule has 1 heterocycles. The van der Waals surface area contributed by atoms with Gasteiger partial charge in [-0.2, -0.15) is 0 Å². The van der Waals surface area contributed by atoms with Crippen LogP contribution in [-0.2, 0) is 28.1 Å². The number of guanidine groups is 1. The smallest absolute Gasteiger partial charge is 0.240 e. The third kappa shape index (κ3) is 3.65. The number of nitrogens with zero attached hydrogens (tertiary/aromatic N) is 3. The summed E-state index contributed by atoms with van der Waals surface area (Å²) < 4.78 is 5.48. The molecule has 0 unspecified atom stereocenters. The van der Waals surface area contributed by atoms with E-state index in [1.807, 2.05) is 12.1 Å². The number of aryl methyl sites for hydroxylation is 2. The number of hydrogen-bond donors (Lipinski definition) is 0. The molecule has 5 nitrogen and oxygen atoms in total. The molecule has 4 rings (SSSR count). The van der Waals surface area contributed by atoms with Gasteiger partial charge in [-0.3, -0.25) is 0 Å². The molecule has 1 aliphatic heterocycles. The van der Waals surface area contributed by atoms with Gasteiger partial charge in [0.2, 0.25) is 11.7 Å². The number of benzene rings is 2. The SMILES string of the molecule is CCCCN(COC)C1=NC2(ON1C)c1ccccc1CCCc1ccccc12. The van der Waals surface area contributed by atoms with Crippen LogP contribution in [0.15, 0.2) is 53.5 Å². The van der Waals surface area contributed by atoms with E-state index in [9.17, 15) is 0 Å². The largest absolute Gasteiger partial charge is 0.364 e. The lowest BCUT2D eigenvalue weighted by Gasteiger charge is -2.32. The second-order valence-electron chi connectivity index (χ2n) is 7.85. The topological polar surface area (TPSA) is 37.3 Å². The predicted molar refractivity (Wildman–Crippen MR) is 115 cm³/mol. The van der Waals surface area contributed by atoms with Gasteiger partial charge in [0, 0.05) is 31.8 Å². The molecule has 0 atom stereocenters. The molecule has 0 fully saturated rings. The summed E-state index contributed by atoms with van der Waals surface area (Å²) in [4.78, 5) is 14.1. The Hall–Kier alpha value is -2.37. The molecule has 5 heteroatoms. The Morgan fingerprint density at radius 2 is 1.69 bits per heavy atom. The van der Waals surface area contributed by atoms with Gasteiger partial charge < -0.3 is 9.64 Å². The quantitative estimate of drug-likeness (QED) is 0.709. The van der Waals surface area contributed by atoms with Crippen LogP contribution in [0.3, 0.4) is 0 Å². The first-order valence-electron chi connectivity index (χ1n) is 10.6. The fourth-order valence-corrected chi connectivity index (χ4v) is 4.44. The van der Waals surface area contributed by atoms with Gasteiger partial charge in [-0.15, -0.1) is 0 Å². The molecule has 0 aromatic heterocycles. The molecule has 1 spiro atoms. The first-order chi connectivity index (χ1) is 14.2. The minimum Gasteiger partial charge on any atom is -0.364 e. The summed E-state index contributed by atoms with van der Waals surface area (Å²) in [6.07, 6.45) is 5.39. The monoisotopic (exact) mass is 393 g/mol. The Morgan fingerprint density at radius 3 is 2.28 bits per heavy atom. The van der Waals surface area contributed by atoms with Gasteiger partial charge in [-0.1, -0.05) is 61.9 Å². The molecular weight excluding hydrogens is 362 g/mol. The number of ether oxygens (including phenoxy) is 1. The van der Waals surface area contributed by atoms with Crippen molar-refractivity contribution in [2.24, 2.45) is 4.99 Å². The molecule has 0 N–H and O–H groups in total. The average Bonchev–Trinajstić information content (AvgIpc) is 3.09. The second-order valence-corrected chi connectivity index (χ2v) is 7.85. The van der Waals surface area contributed by atoms with Gasteiger partial charge in [0.15, 0.2) is 0 Å². The molecule has 0 bridgehead atoms. The zero-order chi connectivity index (χ0) is 20.3. The van der Waals surface area contributed by atoms with E-state index in [2.05, 4.69) is 60.4 Å². The van der Waals surface area contributed by atoms with Crippen molar-refractivity contribution >= 4 is 5.96 Å². The Labute approximate surface area is 173 Å². The highest BCUT2D eigenvalue weighted by Crippen LogP contribution is 2.44. The van der Waals surface area contributed by atoms with Crippen molar-refractivity contribution in [1.29, 1.82) is 0 Å². The summed E-state index contributed by atoms with van der Waals surface area (Å²) >= 11 is 0. The summed E-state index contributed by atoms with van der Waals surface area (Å²) in [6, 6.07) is 17.2. The third-order valence-corrected chi connectivity index (χ3v) is 5.81. The van der Waals surface area contributed by atoms with Crippen molar-refractivity contribution < 1.29 is 9.57 Å². The average molecular weight is 394 g/mol. The van der Waals surface area contributed by atoms with Crippen LogP contribution >= 0.6 is 0 Å². The Kier molecular flexibility index (Phi) is 5.88. The number of methoxy groups -OCH3 is 1. The maximum atomic E-state index is 6.63. The lowest BCUT2D eigenvalue weighted by molar-refractivity contribution is -0.157. The van der Waals surface area contributed by atoms with Gasteiger partial charge in [-0.25, -0.2) is 14.9 Å². The van der Waals surface area contributed by atoms with Crippen molar-refractivity contribution in [2.45, 2.75) is 44.8 Å². The van der Waals surface area contributed by atoms with E-state index < -0.39 is 5.72 Å². The number of hydroxylamine groups is 2. The number of aliphatic imine (C=N–C) groups is 1. The summed E-state index contributed by atoms with van der Waals surface area (Å²) in [5, 5.41) is 1.82. The fourth-order valence-electron chi connectivity index (χ4n) is 4.44. The van der Waals surface area contributed by atoms with Crippen LogP contribution < -0.4 is 0 Å². The predicted octanol–water partition coefficient (Wildman–Crippen LogP) is 4.32. The van der Waals surface area contributed by atoms with Crippen LogP contribution in [0.4, 0.5) is 0 Å². The number of fused-ring (bicyclic) bond motifs is 4. The molecule has 0 amide bonds. The molecule has 2 aromatic rings. The minimum absolute atomic E-state index is 0.492. The first kappa shape index (κ1) is 19.9. The number of hydrogen-bond acceptors (Lipinski definition) is 5. The van der Waals surface area contributed by atoms with Crippen molar-refractivity contribution in [1.82, 2.24) is 9.96 Å². The third-order valence-electron chi connectivity index (χ3n) is 5.81. The molecule has 0 radical (unpaired) electrons. The fraction of sp³-hybridized carbons (Fsp3) is 0.458. The highest BCUT2D eigenvalue weighted by atomic mass is 16.7. The molecular formula is C24H31N3O2. The van der Waals surface area contributed by atoms with Crippen molar-refractivity contribution in [2.75, 3.05) is 27.4 Å². The van der Waals surface area contributed by atoms with E-state index >= 15 is 0 Å². The molecule has 0 saturated heterocycles. The Bertz CT molecular complexity index is 832. The van der Waals surface area contributed by atoms with Gasteiger partial charge in [0.25, 0.3) is 0 Å². The standard InChI is InChI=1S/C24H31N3O2/c1-4-5-17-27(18-28-3)23-25-24(29-26(23)2)21-15-8-6-11-19(21)13-10-14-20-12-7-9-16-22(20)24/h6-9,11-12,15-16H,4-5,10,13-14,17-18H2,1-3H3. The van der Waals surface area contributed by atoms with Crippen LogP contribution in [0, 0.1) is 0 Å². The number of rotatable bonds is 5. The van der Waals surface area contributed by atoms with E-state index in [0.717, 1.165) is 55.7 Å². The van der Waals surface area contributed by atoms with Crippen molar-refractivity contribution in [3.63, 3.8) is 0 Å². The normalized spacial score (nSPS) is 17.3. The van der Waals surface area contributed by atoms with Gasteiger partial charge >= 0.3 is 0 Å². The Morgan fingerprint density at radius 1 is 1.07 bits per heavy atom. The molecule has 2 aliphatic rings. The van der Waals surface area contributed by atoms with Crippen LogP contribution in [-0.4, -0.2) is 43.4 Å². The summed E-state index contributed by atoms with van der Waals surface area (Å²) in [7, 11) is 3.68. The molecule has 1 aliphatic carbocycles. The van der Waals surface area contributed by atoms with E-state index in [1.54, 1.807) is 7.11 Å². The molecule has 154 valence electrons. The highest BCUT2D eigenvalue weighted by molar-refractivity contribution is 5.81. The lowest BCUT2D eigenvalue weighted by atomic mass is 9.83. The summed E-state index contributed by atoms with van der Waals surface area (Å²) in [5.74, 6) is 0.825. The highest BCUT2D eigenvalue weighted by Gasteiger charge is 2.47. The Balaban J connectivity index is 1.88. The van der Waals surface area contributed by atoms with E-state index in [-0.39, 0.29) is 0 Å². The maximum absolute atomic E-state index is 6.63. The molecule has 2 aromatic carbocycles. The van der Waals surface area contributed by atoms with E-state index in [0.29, 0.717) is 6.73 Å². The van der Waals surface area contributed by atoms with Gasteiger partial charge in [-0.05, 0) is 36.8 Å². The number of unbranched alkanes of at least 4 members (excludes halogenated alkanes) is 1. The zero-order valence-electron chi connectivity index (χ0n) is 17.7. The van der Waals surface area contributed by atoms with Crippen LogP contribution in [0.5, 0.6) is 0 Å². The first-order valence-corrected chi connectivity index (χ1v) is 10.6. The van der Waals surface area contributed by atoms with Crippen LogP contribution in [0.2, 0.25) is 0 Å².